The number of hydrogen-bond acceptors (Lipinski definition) is 3. The van der Waals surface area contributed by atoms with Crippen molar-refractivity contribution in [3.05, 3.63) is 71.8 Å². The first-order chi connectivity index (χ1) is 11.8. The van der Waals surface area contributed by atoms with Crippen LogP contribution in [0.5, 0.6) is 0 Å². The van der Waals surface area contributed by atoms with Crippen LogP contribution in [-0.4, -0.2) is 14.3 Å². The monoisotopic (exact) mass is 354 g/mol. The molecule has 1 amide bonds. The van der Waals surface area contributed by atoms with E-state index in [2.05, 4.69) is 5.32 Å². The summed E-state index contributed by atoms with van der Waals surface area (Å²) in [5.74, 6) is -0.223. The van der Waals surface area contributed by atoms with Crippen molar-refractivity contribution in [2.45, 2.75) is 18.2 Å². The van der Waals surface area contributed by atoms with Crippen LogP contribution >= 0.6 is 0 Å². The molecule has 3 rings (SSSR count). The molecule has 0 unspecified atom stereocenters. The molecule has 0 aliphatic carbocycles. The Balaban J connectivity index is 1.78. The molecule has 128 valence electrons. The highest BCUT2D eigenvalue weighted by atomic mass is 32.2. The zero-order chi connectivity index (χ0) is 18.0. The molecule has 0 bridgehead atoms. The van der Waals surface area contributed by atoms with Crippen molar-refractivity contribution in [1.82, 2.24) is 0 Å². The minimum Gasteiger partial charge on any atom is -0.326 e. The third kappa shape index (κ3) is 4.04. The van der Waals surface area contributed by atoms with Gasteiger partial charge < -0.3 is 5.32 Å². The topological polar surface area (TPSA) is 89.3 Å². The third-order valence-electron chi connectivity index (χ3n) is 3.96. The Morgan fingerprint density at radius 1 is 1.00 bits per heavy atom. The molecule has 0 radical (unpaired) electrons. The van der Waals surface area contributed by atoms with Crippen LogP contribution in [0.25, 0.3) is 10.8 Å². The van der Waals surface area contributed by atoms with Crippen LogP contribution in [0.1, 0.15) is 11.1 Å². The number of benzene rings is 3. The Bertz CT molecular complexity index is 1060. The molecule has 0 aliphatic heterocycles. The Morgan fingerprint density at radius 2 is 1.72 bits per heavy atom. The summed E-state index contributed by atoms with van der Waals surface area (Å²) >= 11 is 0. The van der Waals surface area contributed by atoms with Gasteiger partial charge in [0, 0.05) is 5.69 Å². The van der Waals surface area contributed by atoms with Gasteiger partial charge in [-0.1, -0.05) is 48.5 Å². The summed E-state index contributed by atoms with van der Waals surface area (Å²) in [5.41, 5.74) is 1.82. The molecule has 0 aliphatic rings. The Kier molecular flexibility index (Phi) is 4.57. The Hall–Kier alpha value is -2.70. The largest absolute Gasteiger partial charge is 0.326 e. The number of rotatable bonds is 4. The summed E-state index contributed by atoms with van der Waals surface area (Å²) < 4.78 is 23.1. The van der Waals surface area contributed by atoms with Gasteiger partial charge in [0.1, 0.15) is 0 Å². The Morgan fingerprint density at radius 3 is 2.44 bits per heavy atom. The second kappa shape index (κ2) is 6.66. The lowest BCUT2D eigenvalue weighted by Crippen LogP contribution is -2.17. The first kappa shape index (κ1) is 17.1. The maximum Gasteiger partial charge on any atom is 0.238 e. The number of nitrogens with one attached hydrogen (secondary N) is 1. The van der Waals surface area contributed by atoms with Gasteiger partial charge in [-0.3, -0.25) is 4.79 Å². The van der Waals surface area contributed by atoms with E-state index in [1.807, 2.05) is 42.5 Å². The van der Waals surface area contributed by atoms with Crippen LogP contribution in [-0.2, 0) is 21.2 Å². The molecule has 25 heavy (non-hydrogen) atoms. The average molecular weight is 354 g/mol. The highest BCUT2D eigenvalue weighted by Gasteiger charge is 2.13. The van der Waals surface area contributed by atoms with Crippen LogP contribution in [0.2, 0.25) is 0 Å². The van der Waals surface area contributed by atoms with E-state index in [4.69, 9.17) is 5.14 Å². The van der Waals surface area contributed by atoms with E-state index in [1.165, 1.54) is 6.07 Å². The SMILES string of the molecule is Cc1ccc(NC(=O)Cc2ccc3ccccc3c2)cc1S(N)(=O)=O. The Labute approximate surface area is 146 Å². The van der Waals surface area contributed by atoms with Crippen molar-refractivity contribution in [3.8, 4) is 0 Å². The van der Waals surface area contributed by atoms with E-state index in [0.717, 1.165) is 16.3 Å². The van der Waals surface area contributed by atoms with E-state index < -0.39 is 10.0 Å². The zero-order valence-corrected chi connectivity index (χ0v) is 14.5. The first-order valence-corrected chi connectivity index (χ1v) is 9.28. The van der Waals surface area contributed by atoms with Gasteiger partial charge in [-0.05, 0) is 41.0 Å². The third-order valence-corrected chi connectivity index (χ3v) is 5.01. The average Bonchev–Trinajstić information content (AvgIpc) is 2.55. The molecular formula is C19H18N2O3S. The van der Waals surface area contributed by atoms with Crippen molar-refractivity contribution in [2.75, 3.05) is 5.32 Å². The molecule has 0 saturated heterocycles. The maximum atomic E-state index is 12.3. The predicted octanol–water partition coefficient (Wildman–Crippen LogP) is 2.98. The van der Waals surface area contributed by atoms with Crippen molar-refractivity contribution in [2.24, 2.45) is 5.14 Å². The predicted molar refractivity (Wildman–Crippen MR) is 98.8 cm³/mol. The summed E-state index contributed by atoms with van der Waals surface area (Å²) in [6.07, 6.45) is 0.198. The van der Waals surface area contributed by atoms with Gasteiger partial charge in [0.15, 0.2) is 0 Å². The van der Waals surface area contributed by atoms with Crippen LogP contribution < -0.4 is 10.5 Å². The van der Waals surface area contributed by atoms with Crippen LogP contribution in [0, 0.1) is 6.92 Å². The lowest BCUT2D eigenvalue weighted by atomic mass is 10.0. The fraction of sp³-hybridized carbons (Fsp3) is 0.105. The molecule has 3 aromatic carbocycles. The van der Waals surface area contributed by atoms with Gasteiger partial charge in [-0.15, -0.1) is 0 Å². The molecule has 0 heterocycles. The molecule has 0 atom stereocenters. The van der Waals surface area contributed by atoms with Crippen LogP contribution in [0.15, 0.2) is 65.6 Å². The second-order valence-electron chi connectivity index (χ2n) is 5.93. The summed E-state index contributed by atoms with van der Waals surface area (Å²) in [6, 6.07) is 18.4. The summed E-state index contributed by atoms with van der Waals surface area (Å²) in [6.45, 7) is 1.65. The quantitative estimate of drug-likeness (QED) is 0.755. The summed E-state index contributed by atoms with van der Waals surface area (Å²) in [7, 11) is -3.83. The fourth-order valence-electron chi connectivity index (χ4n) is 2.72. The van der Waals surface area contributed by atoms with Gasteiger partial charge >= 0.3 is 0 Å². The fourth-order valence-corrected chi connectivity index (χ4v) is 3.53. The number of amides is 1. The molecule has 3 N–H and O–H groups in total. The number of carbonyl (C=O) groups is 1. The number of nitrogens with two attached hydrogens (primary N) is 1. The minimum absolute atomic E-state index is 0.0102. The van der Waals surface area contributed by atoms with E-state index in [9.17, 15) is 13.2 Å². The number of aryl methyl sites for hydroxylation is 1. The minimum atomic E-state index is -3.83. The summed E-state index contributed by atoms with van der Waals surface area (Å²) in [5, 5.41) is 10.1. The van der Waals surface area contributed by atoms with Crippen molar-refractivity contribution in [3.63, 3.8) is 0 Å². The number of primary sulfonamides is 1. The van der Waals surface area contributed by atoms with Crippen LogP contribution in [0.4, 0.5) is 5.69 Å². The normalized spacial score (nSPS) is 11.4. The second-order valence-corrected chi connectivity index (χ2v) is 7.46. The number of fused-ring (bicyclic) bond motifs is 1. The molecule has 3 aromatic rings. The van der Waals surface area contributed by atoms with Gasteiger partial charge in [-0.2, -0.15) is 0 Å². The van der Waals surface area contributed by atoms with Crippen molar-refractivity contribution < 1.29 is 13.2 Å². The van der Waals surface area contributed by atoms with E-state index in [0.29, 0.717) is 11.3 Å². The molecule has 0 saturated carbocycles. The molecule has 0 fully saturated rings. The number of anilines is 1. The van der Waals surface area contributed by atoms with Crippen LogP contribution in [0.3, 0.4) is 0 Å². The van der Waals surface area contributed by atoms with Crippen molar-refractivity contribution >= 4 is 32.4 Å². The molecular weight excluding hydrogens is 336 g/mol. The van der Waals surface area contributed by atoms with E-state index in [-0.39, 0.29) is 17.2 Å². The number of hydrogen-bond donors (Lipinski definition) is 2. The highest BCUT2D eigenvalue weighted by molar-refractivity contribution is 7.89. The maximum absolute atomic E-state index is 12.3. The van der Waals surface area contributed by atoms with Gasteiger partial charge in [0.05, 0.1) is 11.3 Å². The van der Waals surface area contributed by atoms with Gasteiger partial charge in [0.25, 0.3) is 0 Å². The van der Waals surface area contributed by atoms with Gasteiger partial charge in [-0.25, -0.2) is 13.6 Å². The first-order valence-electron chi connectivity index (χ1n) is 7.74. The number of sulfonamides is 1. The molecule has 5 nitrogen and oxygen atoms in total. The molecule has 6 heteroatoms. The standard InChI is InChI=1S/C19H18N2O3S/c1-13-6-9-17(12-18(13)25(20,23)24)21-19(22)11-14-7-8-15-4-2-3-5-16(15)10-14/h2-10,12H,11H2,1H3,(H,21,22)(H2,20,23,24). The van der Waals surface area contributed by atoms with E-state index in [1.54, 1.807) is 19.1 Å². The lowest BCUT2D eigenvalue weighted by molar-refractivity contribution is -0.115. The molecule has 0 aromatic heterocycles. The lowest BCUT2D eigenvalue weighted by Gasteiger charge is -2.09. The highest BCUT2D eigenvalue weighted by Crippen LogP contribution is 2.20. The molecule has 0 spiro atoms. The van der Waals surface area contributed by atoms with Crippen molar-refractivity contribution in [1.29, 1.82) is 0 Å². The zero-order valence-electron chi connectivity index (χ0n) is 13.7. The summed E-state index contributed by atoms with van der Waals surface area (Å²) in [4.78, 5) is 12.3. The van der Waals surface area contributed by atoms with Gasteiger partial charge in [0.2, 0.25) is 15.9 Å². The smallest absolute Gasteiger partial charge is 0.238 e. The van der Waals surface area contributed by atoms with E-state index >= 15 is 0 Å². The number of carbonyl (C=O) groups excluding carboxylic acids is 1.